The van der Waals surface area contributed by atoms with Crippen LogP contribution in [0.2, 0.25) is 0 Å². The molecule has 0 bridgehead atoms. The van der Waals surface area contributed by atoms with E-state index in [4.69, 9.17) is 9.15 Å². The number of amides is 2. The van der Waals surface area contributed by atoms with Crippen LogP contribution in [0, 0.1) is 10.1 Å². The third kappa shape index (κ3) is 4.46. The highest BCUT2D eigenvalue weighted by atomic mass is 79.9. The van der Waals surface area contributed by atoms with Crippen LogP contribution in [0.4, 0.5) is 10.5 Å². The number of furan rings is 1. The van der Waals surface area contributed by atoms with Crippen molar-refractivity contribution in [2.75, 3.05) is 7.11 Å². The van der Waals surface area contributed by atoms with E-state index in [9.17, 15) is 19.7 Å². The van der Waals surface area contributed by atoms with Crippen molar-refractivity contribution in [2.45, 2.75) is 6.54 Å². The van der Waals surface area contributed by atoms with Crippen molar-refractivity contribution in [3.8, 4) is 17.1 Å². The normalized spacial score (nSPS) is 14.9. The first-order valence-corrected chi connectivity index (χ1v) is 10.9. The first kappa shape index (κ1) is 21.8. The summed E-state index contributed by atoms with van der Waals surface area (Å²) in [4.78, 5) is 37.1. The molecule has 2 aromatic carbocycles. The number of nitrogens with zero attached hydrogens (tertiary/aromatic N) is 2. The zero-order valence-corrected chi connectivity index (χ0v) is 19.0. The third-order valence-corrected chi connectivity index (χ3v) is 6.07. The fourth-order valence-electron chi connectivity index (χ4n) is 3.16. The van der Waals surface area contributed by atoms with Gasteiger partial charge in [0.25, 0.3) is 16.8 Å². The van der Waals surface area contributed by atoms with Gasteiger partial charge in [-0.15, -0.1) is 0 Å². The number of nitro groups is 1. The minimum atomic E-state index is -0.510. The minimum Gasteiger partial charge on any atom is -0.496 e. The van der Waals surface area contributed by atoms with Crippen molar-refractivity contribution in [2.24, 2.45) is 0 Å². The predicted molar refractivity (Wildman–Crippen MR) is 123 cm³/mol. The quantitative estimate of drug-likeness (QED) is 0.230. The van der Waals surface area contributed by atoms with E-state index in [-0.39, 0.29) is 28.1 Å². The molecule has 3 aromatic rings. The van der Waals surface area contributed by atoms with Gasteiger partial charge in [-0.05, 0) is 47.7 Å². The van der Waals surface area contributed by atoms with E-state index in [2.05, 4.69) is 15.9 Å². The first-order valence-electron chi connectivity index (χ1n) is 9.28. The van der Waals surface area contributed by atoms with Crippen LogP contribution in [0.25, 0.3) is 17.4 Å². The molecule has 1 aromatic heterocycles. The highest BCUT2D eigenvalue weighted by Gasteiger charge is 2.35. The smallest absolute Gasteiger partial charge is 0.293 e. The van der Waals surface area contributed by atoms with E-state index in [1.807, 2.05) is 24.3 Å². The molecule has 0 atom stereocenters. The average Bonchev–Trinajstić information content (AvgIpc) is 3.33. The molecule has 10 heteroatoms. The summed E-state index contributed by atoms with van der Waals surface area (Å²) in [6.07, 6.45) is 1.51. The molecular weight excluding hydrogens is 500 g/mol. The summed E-state index contributed by atoms with van der Waals surface area (Å²) in [5, 5.41) is 10.6. The third-order valence-electron chi connectivity index (χ3n) is 4.66. The number of nitro benzene ring substituents is 1. The maximum Gasteiger partial charge on any atom is 0.293 e. The maximum atomic E-state index is 12.8. The fourth-order valence-corrected chi connectivity index (χ4v) is 4.42. The lowest BCUT2D eigenvalue weighted by Gasteiger charge is -2.12. The van der Waals surface area contributed by atoms with E-state index >= 15 is 0 Å². The van der Waals surface area contributed by atoms with Gasteiger partial charge in [0.05, 0.1) is 35.1 Å². The van der Waals surface area contributed by atoms with Crippen molar-refractivity contribution in [1.29, 1.82) is 0 Å². The van der Waals surface area contributed by atoms with Gasteiger partial charge >= 0.3 is 0 Å². The van der Waals surface area contributed by atoms with Gasteiger partial charge in [-0.2, -0.15) is 0 Å². The fraction of sp³-hybridized carbons (Fsp3) is 0.0909. The van der Waals surface area contributed by atoms with E-state index < -0.39 is 10.8 Å². The van der Waals surface area contributed by atoms with Crippen molar-refractivity contribution in [3.05, 3.63) is 85.4 Å². The Kier molecular flexibility index (Phi) is 6.15. The van der Waals surface area contributed by atoms with Crippen LogP contribution in [0.1, 0.15) is 11.3 Å². The van der Waals surface area contributed by atoms with Crippen LogP contribution >= 0.6 is 27.7 Å². The number of halogens is 1. The number of rotatable bonds is 6. The van der Waals surface area contributed by atoms with Crippen molar-refractivity contribution >= 4 is 50.6 Å². The molecule has 0 unspecified atom stereocenters. The Bertz CT molecular complexity index is 1270. The first-order chi connectivity index (χ1) is 15.4. The molecule has 1 fully saturated rings. The number of benzene rings is 2. The Morgan fingerprint density at radius 2 is 2.00 bits per heavy atom. The molecule has 2 heterocycles. The number of thioether (sulfide) groups is 1. The molecule has 8 nitrogen and oxygen atoms in total. The van der Waals surface area contributed by atoms with Gasteiger partial charge in [0.2, 0.25) is 0 Å². The van der Waals surface area contributed by atoms with Gasteiger partial charge < -0.3 is 9.15 Å². The maximum absolute atomic E-state index is 12.8. The molecule has 0 aliphatic carbocycles. The molecule has 0 radical (unpaired) electrons. The monoisotopic (exact) mass is 514 g/mol. The van der Waals surface area contributed by atoms with Gasteiger partial charge in [0.1, 0.15) is 17.3 Å². The van der Waals surface area contributed by atoms with Crippen LogP contribution < -0.4 is 4.74 Å². The number of non-ortho nitro benzene ring substituents is 1. The Morgan fingerprint density at radius 3 is 2.72 bits per heavy atom. The van der Waals surface area contributed by atoms with E-state index in [1.54, 1.807) is 12.1 Å². The van der Waals surface area contributed by atoms with E-state index in [0.29, 0.717) is 17.1 Å². The lowest BCUT2D eigenvalue weighted by atomic mass is 10.1. The van der Waals surface area contributed by atoms with Crippen LogP contribution in [0.3, 0.4) is 0 Å². The SMILES string of the molecule is COc1cc([N+](=O)[O-])ccc1-c1ccc(/C=C2/SC(=O)N(Cc3cccc(Br)c3)C2=O)o1. The van der Waals surface area contributed by atoms with Gasteiger partial charge in [-0.3, -0.25) is 24.6 Å². The zero-order valence-electron chi connectivity index (χ0n) is 16.6. The van der Waals surface area contributed by atoms with E-state index in [0.717, 1.165) is 21.8 Å². The largest absolute Gasteiger partial charge is 0.496 e. The standard InChI is InChI=1S/C22H15BrN2O6S/c1-30-19-10-15(25(28)29)5-7-17(19)18-8-6-16(31-18)11-20-21(26)24(22(27)32-20)12-13-3-2-4-14(23)9-13/h2-11H,12H2,1H3/b20-11+. The summed E-state index contributed by atoms with van der Waals surface area (Å²) in [6.45, 7) is 0.171. The second-order valence-corrected chi connectivity index (χ2v) is 8.65. The highest BCUT2D eigenvalue weighted by molar-refractivity contribution is 9.10. The molecular formula is C22H15BrN2O6S. The van der Waals surface area contributed by atoms with Crippen LogP contribution in [0.5, 0.6) is 5.75 Å². The second kappa shape index (κ2) is 9.01. The van der Waals surface area contributed by atoms with Gasteiger partial charge in [-0.1, -0.05) is 28.1 Å². The van der Waals surface area contributed by atoms with Crippen LogP contribution in [0.15, 0.2) is 68.4 Å². The summed E-state index contributed by atoms with van der Waals surface area (Å²) >= 11 is 4.23. The van der Waals surface area contributed by atoms with Crippen molar-refractivity contribution in [3.63, 3.8) is 0 Å². The Hall–Kier alpha value is -3.37. The lowest BCUT2D eigenvalue weighted by molar-refractivity contribution is -0.384. The number of carbonyl (C=O) groups excluding carboxylic acids is 2. The Labute approximate surface area is 195 Å². The molecule has 162 valence electrons. The van der Waals surface area contributed by atoms with E-state index in [1.165, 1.54) is 36.3 Å². The summed E-state index contributed by atoms with van der Waals surface area (Å²) in [7, 11) is 1.41. The number of hydrogen-bond donors (Lipinski definition) is 0. The average molecular weight is 515 g/mol. The summed E-state index contributed by atoms with van der Waals surface area (Å²) in [5.41, 5.74) is 1.26. The Balaban J connectivity index is 1.56. The van der Waals surface area contributed by atoms with Crippen molar-refractivity contribution in [1.82, 2.24) is 4.90 Å². The molecule has 0 spiro atoms. The van der Waals surface area contributed by atoms with Crippen LogP contribution in [-0.2, 0) is 11.3 Å². The highest BCUT2D eigenvalue weighted by Crippen LogP contribution is 2.37. The summed E-state index contributed by atoms with van der Waals surface area (Å²) < 4.78 is 11.9. The number of carbonyl (C=O) groups is 2. The number of imide groups is 1. The molecule has 1 saturated heterocycles. The number of hydrogen-bond acceptors (Lipinski definition) is 7. The van der Waals surface area contributed by atoms with Gasteiger partial charge in [-0.25, -0.2) is 0 Å². The van der Waals surface area contributed by atoms with Gasteiger partial charge in [0, 0.05) is 16.6 Å². The lowest BCUT2D eigenvalue weighted by Crippen LogP contribution is -2.27. The van der Waals surface area contributed by atoms with Gasteiger partial charge in [0.15, 0.2) is 0 Å². The molecule has 4 rings (SSSR count). The number of methoxy groups -OCH3 is 1. The zero-order chi connectivity index (χ0) is 22.8. The Morgan fingerprint density at radius 1 is 1.19 bits per heavy atom. The number of ether oxygens (including phenoxy) is 1. The molecule has 0 N–H and O–H groups in total. The predicted octanol–water partition coefficient (Wildman–Crippen LogP) is 5.86. The van der Waals surface area contributed by atoms with Crippen LogP contribution in [-0.4, -0.2) is 28.1 Å². The molecule has 0 saturated carbocycles. The minimum absolute atomic E-state index is 0.100. The summed E-state index contributed by atoms with van der Waals surface area (Å²) in [5.74, 6) is 0.671. The topological polar surface area (TPSA) is 103 Å². The molecule has 32 heavy (non-hydrogen) atoms. The second-order valence-electron chi connectivity index (χ2n) is 6.74. The molecule has 1 aliphatic rings. The molecule has 1 aliphatic heterocycles. The summed E-state index contributed by atoms with van der Waals surface area (Å²) in [6, 6.07) is 14.9. The molecule has 2 amide bonds. The van der Waals surface area contributed by atoms with Crippen molar-refractivity contribution < 1.29 is 23.7 Å².